The van der Waals surface area contributed by atoms with Gasteiger partial charge in [0.2, 0.25) is 0 Å². The van der Waals surface area contributed by atoms with Gasteiger partial charge in [-0.1, -0.05) is 48.5 Å². The third-order valence-electron chi connectivity index (χ3n) is 4.16. The molecule has 2 aromatic carbocycles. The van der Waals surface area contributed by atoms with Crippen molar-refractivity contribution in [3.8, 4) is 0 Å². The zero-order valence-corrected chi connectivity index (χ0v) is 11.5. The average molecular weight is 266 g/mol. The molecule has 1 aliphatic carbocycles. The van der Waals surface area contributed by atoms with Crippen molar-refractivity contribution < 1.29 is 9.90 Å². The molecule has 0 spiro atoms. The minimum atomic E-state index is -0.426. The van der Waals surface area contributed by atoms with Crippen LogP contribution in [0.25, 0.3) is 0 Å². The summed E-state index contributed by atoms with van der Waals surface area (Å²) in [5.74, 6) is -0.0455. The van der Waals surface area contributed by atoms with Crippen LogP contribution in [0, 0.1) is 0 Å². The van der Waals surface area contributed by atoms with Crippen molar-refractivity contribution in [1.82, 2.24) is 0 Å². The van der Waals surface area contributed by atoms with Crippen LogP contribution in [-0.4, -0.2) is 17.0 Å². The van der Waals surface area contributed by atoms with Crippen LogP contribution in [0.2, 0.25) is 0 Å². The Hall–Kier alpha value is -1.93. The second-order valence-corrected chi connectivity index (χ2v) is 5.43. The van der Waals surface area contributed by atoms with Crippen molar-refractivity contribution in [1.29, 1.82) is 0 Å². The Labute approximate surface area is 119 Å². The quantitative estimate of drug-likeness (QED) is 0.847. The molecule has 0 bridgehead atoms. The lowest BCUT2D eigenvalue weighted by atomic mass is 9.75. The van der Waals surface area contributed by atoms with Crippen LogP contribution in [0.1, 0.15) is 46.3 Å². The zero-order chi connectivity index (χ0) is 14.1. The standard InChI is InChI=1S/C18H18O2/c1-12(19)14-7-4-5-9-16(14)18-15-8-3-2-6-13(15)10-11-17(18)20/h2-9,17-18,20H,10-11H2,1H3/t17-,18+/m1/s1. The Bertz CT molecular complexity index is 645. The molecule has 0 amide bonds. The van der Waals surface area contributed by atoms with E-state index in [1.807, 2.05) is 36.4 Å². The number of ketones is 1. The highest BCUT2D eigenvalue weighted by Crippen LogP contribution is 2.38. The van der Waals surface area contributed by atoms with Crippen LogP contribution < -0.4 is 0 Å². The summed E-state index contributed by atoms with van der Waals surface area (Å²) in [4.78, 5) is 11.8. The number of rotatable bonds is 2. The van der Waals surface area contributed by atoms with Crippen LogP contribution in [0.15, 0.2) is 48.5 Å². The molecule has 20 heavy (non-hydrogen) atoms. The molecule has 0 aliphatic heterocycles. The minimum Gasteiger partial charge on any atom is -0.392 e. The maximum Gasteiger partial charge on any atom is 0.160 e. The van der Waals surface area contributed by atoms with Gasteiger partial charge in [-0.25, -0.2) is 0 Å². The number of aryl methyl sites for hydroxylation is 1. The number of carbonyl (C=O) groups is 1. The van der Waals surface area contributed by atoms with Crippen LogP contribution in [0.5, 0.6) is 0 Å². The summed E-state index contributed by atoms with van der Waals surface area (Å²) >= 11 is 0. The number of benzene rings is 2. The number of hydrogen-bond donors (Lipinski definition) is 1. The second kappa shape index (κ2) is 5.22. The Morgan fingerprint density at radius 3 is 2.45 bits per heavy atom. The van der Waals surface area contributed by atoms with Gasteiger partial charge in [-0.2, -0.15) is 0 Å². The first-order valence-corrected chi connectivity index (χ1v) is 7.04. The van der Waals surface area contributed by atoms with Gasteiger partial charge in [-0.3, -0.25) is 4.79 Å². The lowest BCUT2D eigenvalue weighted by molar-refractivity contribution is 0.101. The largest absolute Gasteiger partial charge is 0.392 e. The van der Waals surface area contributed by atoms with E-state index in [9.17, 15) is 9.90 Å². The first kappa shape index (κ1) is 13.1. The fraction of sp³-hybridized carbons (Fsp3) is 0.278. The van der Waals surface area contributed by atoms with Crippen LogP contribution in [-0.2, 0) is 6.42 Å². The predicted molar refractivity (Wildman–Crippen MR) is 79.1 cm³/mol. The van der Waals surface area contributed by atoms with Crippen LogP contribution >= 0.6 is 0 Å². The number of aliphatic hydroxyl groups is 1. The Kier molecular flexibility index (Phi) is 3.41. The molecule has 0 aromatic heterocycles. The molecule has 1 N–H and O–H groups in total. The lowest BCUT2D eigenvalue weighted by Gasteiger charge is -2.31. The fourth-order valence-electron chi connectivity index (χ4n) is 3.21. The molecule has 0 saturated carbocycles. The Balaban J connectivity index is 2.17. The first-order chi connectivity index (χ1) is 9.68. The smallest absolute Gasteiger partial charge is 0.160 e. The van der Waals surface area contributed by atoms with Gasteiger partial charge in [0.1, 0.15) is 0 Å². The molecule has 2 atom stereocenters. The summed E-state index contributed by atoms with van der Waals surface area (Å²) in [6.07, 6.45) is 1.22. The molecule has 0 fully saturated rings. The van der Waals surface area contributed by atoms with Crippen molar-refractivity contribution in [2.24, 2.45) is 0 Å². The van der Waals surface area contributed by atoms with E-state index in [-0.39, 0.29) is 11.7 Å². The number of hydrogen-bond acceptors (Lipinski definition) is 2. The van der Waals surface area contributed by atoms with E-state index in [1.54, 1.807) is 6.92 Å². The molecule has 3 rings (SSSR count). The van der Waals surface area contributed by atoms with Gasteiger partial charge in [0.15, 0.2) is 5.78 Å². The van der Waals surface area contributed by atoms with Gasteiger partial charge in [-0.05, 0) is 36.5 Å². The van der Waals surface area contributed by atoms with Crippen LogP contribution in [0.3, 0.4) is 0 Å². The van der Waals surface area contributed by atoms with E-state index in [1.165, 1.54) is 5.56 Å². The molecule has 0 unspecified atom stereocenters. The minimum absolute atomic E-state index is 0.0517. The zero-order valence-electron chi connectivity index (χ0n) is 11.5. The van der Waals surface area contributed by atoms with E-state index in [4.69, 9.17) is 0 Å². The Morgan fingerprint density at radius 2 is 1.70 bits per heavy atom. The predicted octanol–water partition coefficient (Wildman–Crippen LogP) is 3.33. The fourth-order valence-corrected chi connectivity index (χ4v) is 3.21. The molecule has 2 nitrogen and oxygen atoms in total. The summed E-state index contributed by atoms with van der Waals surface area (Å²) in [6, 6.07) is 15.8. The van der Waals surface area contributed by atoms with Crippen molar-refractivity contribution in [2.75, 3.05) is 0 Å². The summed E-state index contributed by atoms with van der Waals surface area (Å²) in [5.41, 5.74) is 4.09. The van der Waals surface area contributed by atoms with Crippen molar-refractivity contribution >= 4 is 5.78 Å². The number of Topliss-reactive ketones (excluding diaryl/α,β-unsaturated/α-hetero) is 1. The molecule has 0 saturated heterocycles. The highest BCUT2D eigenvalue weighted by molar-refractivity contribution is 5.96. The molecule has 102 valence electrons. The number of fused-ring (bicyclic) bond motifs is 1. The van der Waals surface area contributed by atoms with Gasteiger partial charge in [0.05, 0.1) is 6.10 Å². The third kappa shape index (κ3) is 2.16. The Morgan fingerprint density at radius 1 is 1.05 bits per heavy atom. The molecular formula is C18H18O2. The molecular weight excluding hydrogens is 248 g/mol. The summed E-state index contributed by atoms with van der Waals surface area (Å²) in [5, 5.41) is 10.5. The highest BCUT2D eigenvalue weighted by Gasteiger charge is 2.31. The van der Waals surface area contributed by atoms with Gasteiger partial charge in [-0.15, -0.1) is 0 Å². The maximum absolute atomic E-state index is 11.8. The van der Waals surface area contributed by atoms with E-state index >= 15 is 0 Å². The number of carbonyl (C=O) groups excluding carboxylic acids is 1. The average Bonchev–Trinajstić information content (AvgIpc) is 2.47. The summed E-state index contributed by atoms with van der Waals surface area (Å²) in [7, 11) is 0. The second-order valence-electron chi connectivity index (χ2n) is 5.43. The highest BCUT2D eigenvalue weighted by atomic mass is 16.3. The van der Waals surface area contributed by atoms with E-state index in [0.29, 0.717) is 5.56 Å². The lowest BCUT2D eigenvalue weighted by Crippen LogP contribution is -2.27. The normalized spacial score (nSPS) is 21.3. The van der Waals surface area contributed by atoms with Gasteiger partial charge >= 0.3 is 0 Å². The molecule has 2 aromatic rings. The van der Waals surface area contributed by atoms with Crippen molar-refractivity contribution in [2.45, 2.75) is 31.8 Å². The molecule has 0 heterocycles. The topological polar surface area (TPSA) is 37.3 Å². The SMILES string of the molecule is CC(=O)c1ccccc1[C@@H]1c2ccccc2CC[C@H]1O. The molecule has 1 aliphatic rings. The van der Waals surface area contributed by atoms with Crippen molar-refractivity contribution in [3.63, 3.8) is 0 Å². The van der Waals surface area contributed by atoms with E-state index in [2.05, 4.69) is 12.1 Å². The van der Waals surface area contributed by atoms with Gasteiger partial charge < -0.3 is 5.11 Å². The van der Waals surface area contributed by atoms with Crippen LogP contribution in [0.4, 0.5) is 0 Å². The third-order valence-corrected chi connectivity index (χ3v) is 4.16. The molecule has 2 heteroatoms. The summed E-state index contributed by atoms with van der Waals surface area (Å²) < 4.78 is 0. The van der Waals surface area contributed by atoms with E-state index < -0.39 is 6.10 Å². The van der Waals surface area contributed by atoms with Gasteiger partial charge in [0, 0.05) is 11.5 Å². The number of aliphatic hydroxyl groups excluding tert-OH is 1. The van der Waals surface area contributed by atoms with E-state index in [0.717, 1.165) is 24.0 Å². The first-order valence-electron chi connectivity index (χ1n) is 7.04. The monoisotopic (exact) mass is 266 g/mol. The maximum atomic E-state index is 11.8. The molecule has 0 radical (unpaired) electrons. The summed E-state index contributed by atoms with van der Waals surface area (Å²) in [6.45, 7) is 1.58. The van der Waals surface area contributed by atoms with Crippen molar-refractivity contribution in [3.05, 3.63) is 70.8 Å². The van der Waals surface area contributed by atoms with Gasteiger partial charge in [0.25, 0.3) is 0 Å².